The maximum absolute atomic E-state index is 13.0. The summed E-state index contributed by atoms with van der Waals surface area (Å²) in [6, 6.07) is 7.30. The standard InChI is InChI=1S/C17H19ClN2O3/c1-10-8-20(9-11(2)22-10)17(21)15-12(3)23-19-16(15)13-6-4-5-7-14(13)18/h4-7,10-11H,8-9H2,1-3H3/t10-,11-/m0/s1. The Kier molecular flexibility index (Phi) is 4.41. The number of hydrogen-bond acceptors (Lipinski definition) is 4. The maximum atomic E-state index is 13.0. The third-order valence-electron chi connectivity index (χ3n) is 3.91. The Morgan fingerprint density at radius 1 is 1.26 bits per heavy atom. The molecule has 1 amide bonds. The lowest BCUT2D eigenvalue weighted by atomic mass is 10.0. The van der Waals surface area contributed by atoms with Crippen LogP contribution in [-0.2, 0) is 4.74 Å². The van der Waals surface area contributed by atoms with E-state index < -0.39 is 0 Å². The third kappa shape index (κ3) is 3.12. The summed E-state index contributed by atoms with van der Waals surface area (Å²) in [6.45, 7) is 6.77. The lowest BCUT2D eigenvalue weighted by Crippen LogP contribution is -2.48. The fourth-order valence-corrected chi connectivity index (χ4v) is 3.19. The average molecular weight is 335 g/mol. The highest BCUT2D eigenvalue weighted by Gasteiger charge is 2.31. The molecule has 2 atom stereocenters. The van der Waals surface area contributed by atoms with Crippen LogP contribution >= 0.6 is 11.6 Å². The number of rotatable bonds is 2. The molecule has 1 saturated heterocycles. The summed E-state index contributed by atoms with van der Waals surface area (Å²) in [5.41, 5.74) is 1.66. The quantitative estimate of drug-likeness (QED) is 0.842. The molecule has 2 aromatic rings. The molecule has 0 unspecified atom stereocenters. The second-order valence-corrected chi connectivity index (χ2v) is 6.32. The molecule has 0 N–H and O–H groups in total. The molecule has 23 heavy (non-hydrogen) atoms. The summed E-state index contributed by atoms with van der Waals surface area (Å²) in [6.07, 6.45) is 0.0123. The number of halogens is 1. The molecule has 3 rings (SSSR count). The van der Waals surface area contributed by atoms with Crippen molar-refractivity contribution < 1.29 is 14.1 Å². The van der Waals surface area contributed by atoms with Gasteiger partial charge in [-0.05, 0) is 26.8 Å². The molecule has 0 saturated carbocycles. The molecule has 122 valence electrons. The Balaban J connectivity index is 1.99. The summed E-state index contributed by atoms with van der Waals surface area (Å²) < 4.78 is 11.0. The van der Waals surface area contributed by atoms with E-state index in [1.54, 1.807) is 17.9 Å². The molecular formula is C17H19ClN2O3. The van der Waals surface area contributed by atoms with Gasteiger partial charge in [-0.25, -0.2) is 0 Å². The van der Waals surface area contributed by atoms with E-state index in [1.807, 2.05) is 32.0 Å². The van der Waals surface area contributed by atoms with Crippen LogP contribution in [0.15, 0.2) is 28.8 Å². The molecule has 2 heterocycles. The van der Waals surface area contributed by atoms with Crippen LogP contribution < -0.4 is 0 Å². The van der Waals surface area contributed by atoms with Gasteiger partial charge in [0.05, 0.1) is 17.2 Å². The lowest BCUT2D eigenvalue weighted by Gasteiger charge is -2.35. The van der Waals surface area contributed by atoms with Crippen LogP contribution in [0.4, 0.5) is 0 Å². The first kappa shape index (κ1) is 16.0. The van der Waals surface area contributed by atoms with Crippen molar-refractivity contribution in [3.63, 3.8) is 0 Å². The van der Waals surface area contributed by atoms with Crippen LogP contribution in [-0.4, -0.2) is 41.3 Å². The van der Waals surface area contributed by atoms with Crippen molar-refractivity contribution in [2.75, 3.05) is 13.1 Å². The topological polar surface area (TPSA) is 55.6 Å². The van der Waals surface area contributed by atoms with Gasteiger partial charge in [0.15, 0.2) is 0 Å². The SMILES string of the molecule is Cc1onc(-c2ccccc2Cl)c1C(=O)N1C[C@H](C)O[C@@H](C)C1. The predicted molar refractivity (Wildman–Crippen MR) is 87.6 cm³/mol. The minimum atomic E-state index is -0.0966. The molecule has 1 aromatic heterocycles. The third-order valence-corrected chi connectivity index (χ3v) is 4.24. The monoisotopic (exact) mass is 334 g/mol. The minimum absolute atomic E-state index is 0.00614. The van der Waals surface area contributed by atoms with Gasteiger partial charge in [-0.1, -0.05) is 35.0 Å². The highest BCUT2D eigenvalue weighted by Crippen LogP contribution is 2.32. The Labute approximate surface area is 140 Å². The molecule has 1 aliphatic heterocycles. The largest absolute Gasteiger partial charge is 0.372 e. The number of aryl methyl sites for hydroxylation is 1. The Bertz CT molecular complexity index is 718. The smallest absolute Gasteiger partial charge is 0.259 e. The fraction of sp³-hybridized carbons (Fsp3) is 0.412. The second-order valence-electron chi connectivity index (χ2n) is 5.91. The van der Waals surface area contributed by atoms with Crippen molar-refractivity contribution in [3.05, 3.63) is 40.6 Å². The van der Waals surface area contributed by atoms with Crippen LogP contribution in [0.25, 0.3) is 11.3 Å². The number of aromatic nitrogens is 1. The number of morpholine rings is 1. The van der Waals surface area contributed by atoms with Crippen LogP contribution in [0, 0.1) is 6.92 Å². The first-order valence-corrected chi connectivity index (χ1v) is 8.01. The molecule has 0 bridgehead atoms. The van der Waals surface area contributed by atoms with Crippen LogP contribution in [0.1, 0.15) is 30.0 Å². The van der Waals surface area contributed by atoms with Crippen molar-refractivity contribution in [2.24, 2.45) is 0 Å². The van der Waals surface area contributed by atoms with Crippen LogP contribution in [0.2, 0.25) is 5.02 Å². The molecule has 0 spiro atoms. The van der Waals surface area contributed by atoms with E-state index in [-0.39, 0.29) is 18.1 Å². The van der Waals surface area contributed by atoms with Crippen molar-refractivity contribution in [3.8, 4) is 11.3 Å². The average Bonchev–Trinajstić information content (AvgIpc) is 2.87. The van der Waals surface area contributed by atoms with E-state index in [9.17, 15) is 4.79 Å². The van der Waals surface area contributed by atoms with E-state index in [4.69, 9.17) is 20.9 Å². The first-order valence-electron chi connectivity index (χ1n) is 7.63. The van der Waals surface area contributed by atoms with Gasteiger partial charge in [-0.3, -0.25) is 4.79 Å². The van der Waals surface area contributed by atoms with Crippen LogP contribution in [0.3, 0.4) is 0 Å². The molecule has 1 fully saturated rings. The summed E-state index contributed by atoms with van der Waals surface area (Å²) in [7, 11) is 0. The Morgan fingerprint density at radius 2 is 1.91 bits per heavy atom. The van der Waals surface area contributed by atoms with Crippen molar-refractivity contribution in [1.82, 2.24) is 10.1 Å². The Hall–Kier alpha value is -1.85. The molecule has 6 heteroatoms. The summed E-state index contributed by atoms with van der Waals surface area (Å²) >= 11 is 6.25. The molecule has 1 aliphatic rings. The lowest BCUT2D eigenvalue weighted by molar-refractivity contribution is -0.0586. The van der Waals surface area contributed by atoms with E-state index in [2.05, 4.69) is 5.16 Å². The highest BCUT2D eigenvalue weighted by molar-refractivity contribution is 6.33. The molecular weight excluding hydrogens is 316 g/mol. The summed E-state index contributed by atoms with van der Waals surface area (Å²) in [5.74, 6) is 0.400. The fourth-order valence-electron chi connectivity index (χ4n) is 2.96. The zero-order valence-electron chi connectivity index (χ0n) is 13.4. The number of carbonyl (C=O) groups excluding carboxylic acids is 1. The van der Waals surface area contributed by atoms with E-state index in [0.717, 1.165) is 0 Å². The van der Waals surface area contributed by atoms with Gasteiger partial charge >= 0.3 is 0 Å². The van der Waals surface area contributed by atoms with Gasteiger partial charge in [0.1, 0.15) is 17.0 Å². The maximum Gasteiger partial charge on any atom is 0.259 e. The molecule has 1 aromatic carbocycles. The predicted octanol–water partition coefficient (Wildman–Crippen LogP) is 3.55. The highest BCUT2D eigenvalue weighted by atomic mass is 35.5. The summed E-state index contributed by atoms with van der Waals surface area (Å²) in [5, 5.41) is 4.60. The Morgan fingerprint density at radius 3 is 2.57 bits per heavy atom. The van der Waals surface area contributed by atoms with Gasteiger partial charge in [-0.15, -0.1) is 0 Å². The van der Waals surface area contributed by atoms with E-state index in [0.29, 0.717) is 40.7 Å². The first-order chi connectivity index (χ1) is 11.0. The van der Waals surface area contributed by atoms with Gasteiger partial charge in [0, 0.05) is 18.7 Å². The van der Waals surface area contributed by atoms with Crippen molar-refractivity contribution in [1.29, 1.82) is 0 Å². The minimum Gasteiger partial charge on any atom is -0.372 e. The number of nitrogens with zero attached hydrogens (tertiary/aromatic N) is 2. The number of ether oxygens (including phenoxy) is 1. The van der Waals surface area contributed by atoms with Gasteiger partial charge in [0.2, 0.25) is 0 Å². The van der Waals surface area contributed by atoms with E-state index in [1.165, 1.54) is 0 Å². The van der Waals surface area contributed by atoms with E-state index >= 15 is 0 Å². The normalized spacial score (nSPS) is 21.5. The van der Waals surface area contributed by atoms with Gasteiger partial charge in [-0.2, -0.15) is 0 Å². The second kappa shape index (κ2) is 6.34. The zero-order chi connectivity index (χ0) is 16.6. The van der Waals surface area contributed by atoms with Crippen LogP contribution in [0.5, 0.6) is 0 Å². The summed E-state index contributed by atoms with van der Waals surface area (Å²) in [4.78, 5) is 14.8. The van der Waals surface area contributed by atoms with Gasteiger partial charge < -0.3 is 14.2 Å². The number of benzene rings is 1. The molecule has 0 radical (unpaired) electrons. The van der Waals surface area contributed by atoms with Crippen molar-refractivity contribution in [2.45, 2.75) is 33.0 Å². The number of hydrogen-bond donors (Lipinski definition) is 0. The number of carbonyl (C=O) groups is 1. The molecule has 0 aliphatic carbocycles. The zero-order valence-corrected chi connectivity index (χ0v) is 14.1. The number of amides is 1. The molecule has 5 nitrogen and oxygen atoms in total. The van der Waals surface area contributed by atoms with Crippen molar-refractivity contribution >= 4 is 17.5 Å². The van der Waals surface area contributed by atoms with Gasteiger partial charge in [0.25, 0.3) is 5.91 Å².